The summed E-state index contributed by atoms with van der Waals surface area (Å²) < 4.78 is 2.33. The molecule has 2 rings (SSSR count). The molecule has 0 bridgehead atoms. The normalized spacial score (nSPS) is 10.8. The molecule has 1 heterocycles. The molecule has 1 aromatic heterocycles. The van der Waals surface area contributed by atoms with Crippen molar-refractivity contribution < 1.29 is 9.90 Å². The van der Waals surface area contributed by atoms with Crippen LogP contribution >= 0.6 is 15.9 Å². The van der Waals surface area contributed by atoms with Gasteiger partial charge in [-0.2, -0.15) is 0 Å². The zero-order chi connectivity index (χ0) is 12.7. The van der Waals surface area contributed by atoms with Crippen LogP contribution in [0.1, 0.15) is 16.1 Å². The predicted octanol–water partition coefficient (Wildman–Crippen LogP) is 2.31. The number of aryl methyl sites for hydroxylation is 2. The highest BCUT2D eigenvalue weighted by Gasteiger charge is 2.13. The SMILES string of the molecule is Cc1cc(Br)cc2c1c(=O)cc(C(=O)O)n2C. The van der Waals surface area contributed by atoms with Crippen molar-refractivity contribution in [1.82, 2.24) is 4.57 Å². The van der Waals surface area contributed by atoms with Crippen LogP contribution in [0.4, 0.5) is 0 Å². The van der Waals surface area contributed by atoms with Crippen molar-refractivity contribution in [1.29, 1.82) is 0 Å². The summed E-state index contributed by atoms with van der Waals surface area (Å²) in [6.45, 7) is 1.83. The number of carboxylic acids is 1. The van der Waals surface area contributed by atoms with Crippen LogP contribution in [0.15, 0.2) is 27.5 Å². The molecule has 1 N–H and O–H groups in total. The van der Waals surface area contributed by atoms with E-state index in [1.165, 1.54) is 4.57 Å². The number of fused-ring (bicyclic) bond motifs is 1. The summed E-state index contributed by atoms with van der Waals surface area (Å²) in [5.41, 5.74) is 1.16. The molecule has 17 heavy (non-hydrogen) atoms. The first-order valence-corrected chi connectivity index (χ1v) is 5.74. The van der Waals surface area contributed by atoms with E-state index in [0.717, 1.165) is 16.1 Å². The highest BCUT2D eigenvalue weighted by atomic mass is 79.9. The Morgan fingerprint density at radius 1 is 1.35 bits per heavy atom. The Labute approximate surface area is 106 Å². The van der Waals surface area contributed by atoms with Gasteiger partial charge in [0.2, 0.25) is 0 Å². The van der Waals surface area contributed by atoms with Crippen LogP contribution in [-0.4, -0.2) is 15.6 Å². The molecule has 1 aromatic carbocycles. The molecule has 0 saturated heterocycles. The predicted molar refractivity (Wildman–Crippen MR) is 68.6 cm³/mol. The molecule has 2 aromatic rings. The lowest BCUT2D eigenvalue weighted by Gasteiger charge is -2.11. The molecule has 0 fully saturated rings. The van der Waals surface area contributed by atoms with Crippen molar-refractivity contribution in [2.45, 2.75) is 6.92 Å². The van der Waals surface area contributed by atoms with Crippen molar-refractivity contribution in [3.05, 3.63) is 44.2 Å². The molecule has 0 aliphatic heterocycles. The summed E-state index contributed by atoms with van der Waals surface area (Å²) in [6.07, 6.45) is 0. The van der Waals surface area contributed by atoms with E-state index in [-0.39, 0.29) is 11.1 Å². The van der Waals surface area contributed by atoms with E-state index >= 15 is 0 Å². The number of carboxylic acid groups (broad SMARTS) is 1. The Bertz CT molecular complexity index is 688. The van der Waals surface area contributed by atoms with Gasteiger partial charge in [0.15, 0.2) is 5.43 Å². The summed E-state index contributed by atoms with van der Waals surface area (Å²) in [5, 5.41) is 9.57. The van der Waals surface area contributed by atoms with Crippen molar-refractivity contribution in [3.63, 3.8) is 0 Å². The number of carbonyl (C=O) groups is 1. The van der Waals surface area contributed by atoms with Gasteiger partial charge in [-0.05, 0) is 24.6 Å². The Morgan fingerprint density at radius 2 is 2.00 bits per heavy atom. The first-order chi connectivity index (χ1) is 7.91. The molecule has 4 nitrogen and oxygen atoms in total. The number of aromatic nitrogens is 1. The molecule has 0 unspecified atom stereocenters. The molecule has 0 amide bonds. The number of benzene rings is 1. The average Bonchev–Trinajstić information content (AvgIpc) is 2.21. The van der Waals surface area contributed by atoms with Gasteiger partial charge in [-0.15, -0.1) is 0 Å². The Morgan fingerprint density at radius 3 is 2.59 bits per heavy atom. The van der Waals surface area contributed by atoms with E-state index in [0.29, 0.717) is 10.9 Å². The van der Waals surface area contributed by atoms with Crippen LogP contribution in [0, 0.1) is 6.92 Å². The topological polar surface area (TPSA) is 59.3 Å². The van der Waals surface area contributed by atoms with Crippen molar-refractivity contribution in [3.8, 4) is 0 Å². The standard InChI is InChI=1S/C12H10BrNO3/c1-6-3-7(13)4-8-11(6)10(15)5-9(12(16)17)14(8)2/h3-5H,1-2H3,(H,16,17). The third-order valence-corrected chi connectivity index (χ3v) is 3.19. The third kappa shape index (κ3) is 1.86. The summed E-state index contributed by atoms with van der Waals surface area (Å²) in [7, 11) is 1.64. The zero-order valence-electron chi connectivity index (χ0n) is 9.32. The van der Waals surface area contributed by atoms with Crippen LogP contribution < -0.4 is 5.43 Å². The molecule has 88 valence electrons. The summed E-state index contributed by atoms with van der Waals surface area (Å²) in [5.74, 6) is -1.11. The smallest absolute Gasteiger partial charge is 0.352 e. The number of rotatable bonds is 1. The number of hydrogen-bond donors (Lipinski definition) is 1. The molecular weight excluding hydrogens is 286 g/mol. The minimum absolute atomic E-state index is 0.0139. The Hall–Kier alpha value is -1.62. The summed E-state index contributed by atoms with van der Waals surface area (Å²) in [4.78, 5) is 22.9. The van der Waals surface area contributed by atoms with Crippen LogP contribution in [-0.2, 0) is 7.05 Å². The number of halogens is 1. The Balaban J connectivity index is 3.04. The lowest BCUT2D eigenvalue weighted by molar-refractivity contribution is 0.0686. The van der Waals surface area contributed by atoms with Gasteiger partial charge in [0, 0.05) is 23.0 Å². The molecule has 0 spiro atoms. The van der Waals surface area contributed by atoms with Gasteiger partial charge in [0.25, 0.3) is 0 Å². The fourth-order valence-electron chi connectivity index (χ4n) is 1.94. The van der Waals surface area contributed by atoms with Gasteiger partial charge < -0.3 is 9.67 Å². The lowest BCUT2D eigenvalue weighted by atomic mass is 10.1. The summed E-state index contributed by atoms with van der Waals surface area (Å²) in [6, 6.07) is 4.74. The molecule has 0 aliphatic carbocycles. The van der Waals surface area contributed by atoms with Crippen molar-refractivity contribution in [2.24, 2.45) is 7.05 Å². The van der Waals surface area contributed by atoms with Gasteiger partial charge >= 0.3 is 5.97 Å². The second-order valence-electron chi connectivity index (χ2n) is 3.87. The maximum absolute atomic E-state index is 11.9. The molecule has 0 aliphatic rings. The minimum atomic E-state index is -1.11. The quantitative estimate of drug-likeness (QED) is 0.878. The first-order valence-electron chi connectivity index (χ1n) is 4.95. The Kier molecular flexibility index (Phi) is 2.79. The number of hydrogen-bond acceptors (Lipinski definition) is 2. The fourth-order valence-corrected chi connectivity index (χ4v) is 2.50. The zero-order valence-corrected chi connectivity index (χ0v) is 10.9. The first kappa shape index (κ1) is 11.9. The highest BCUT2D eigenvalue weighted by molar-refractivity contribution is 9.10. The van der Waals surface area contributed by atoms with Crippen LogP contribution in [0.2, 0.25) is 0 Å². The van der Waals surface area contributed by atoms with Crippen LogP contribution in [0.3, 0.4) is 0 Å². The van der Waals surface area contributed by atoms with Crippen LogP contribution in [0.25, 0.3) is 10.9 Å². The number of aromatic carboxylic acids is 1. The van der Waals surface area contributed by atoms with E-state index in [9.17, 15) is 9.59 Å². The lowest BCUT2D eigenvalue weighted by Crippen LogP contribution is -2.16. The maximum Gasteiger partial charge on any atom is 0.352 e. The second-order valence-corrected chi connectivity index (χ2v) is 4.79. The van der Waals surface area contributed by atoms with Gasteiger partial charge in [-0.3, -0.25) is 4.79 Å². The van der Waals surface area contributed by atoms with E-state index in [2.05, 4.69) is 15.9 Å². The largest absolute Gasteiger partial charge is 0.477 e. The summed E-state index contributed by atoms with van der Waals surface area (Å²) >= 11 is 3.34. The molecule has 5 heteroatoms. The van der Waals surface area contributed by atoms with Gasteiger partial charge in [-0.1, -0.05) is 15.9 Å². The third-order valence-electron chi connectivity index (χ3n) is 2.74. The monoisotopic (exact) mass is 295 g/mol. The van der Waals surface area contributed by atoms with Gasteiger partial charge in [0.05, 0.1) is 5.52 Å². The molecular formula is C12H10BrNO3. The molecule has 0 saturated carbocycles. The van der Waals surface area contributed by atoms with E-state index in [1.54, 1.807) is 13.1 Å². The minimum Gasteiger partial charge on any atom is -0.477 e. The molecule has 0 atom stereocenters. The van der Waals surface area contributed by atoms with Gasteiger partial charge in [-0.25, -0.2) is 4.79 Å². The van der Waals surface area contributed by atoms with E-state index in [1.807, 2.05) is 13.0 Å². The fraction of sp³-hybridized carbons (Fsp3) is 0.167. The average molecular weight is 296 g/mol. The van der Waals surface area contributed by atoms with E-state index in [4.69, 9.17) is 5.11 Å². The van der Waals surface area contributed by atoms with E-state index < -0.39 is 5.97 Å². The maximum atomic E-state index is 11.9. The number of pyridine rings is 1. The number of nitrogens with zero attached hydrogens (tertiary/aromatic N) is 1. The van der Waals surface area contributed by atoms with Crippen molar-refractivity contribution >= 4 is 32.8 Å². The van der Waals surface area contributed by atoms with Gasteiger partial charge in [0.1, 0.15) is 5.69 Å². The van der Waals surface area contributed by atoms with Crippen molar-refractivity contribution in [2.75, 3.05) is 0 Å². The molecule has 0 radical (unpaired) electrons. The van der Waals surface area contributed by atoms with Crippen LogP contribution in [0.5, 0.6) is 0 Å². The highest BCUT2D eigenvalue weighted by Crippen LogP contribution is 2.21. The second kappa shape index (κ2) is 4.00.